The molecule has 1 saturated heterocycles. The molecule has 1 aliphatic rings. The highest BCUT2D eigenvalue weighted by molar-refractivity contribution is 7.92. The molecule has 164 valence electrons. The van der Waals surface area contributed by atoms with Crippen molar-refractivity contribution in [1.29, 1.82) is 0 Å². The fraction of sp³-hybridized carbons (Fsp3) is 0.429. The number of benzene rings is 1. The molecule has 31 heavy (non-hydrogen) atoms. The van der Waals surface area contributed by atoms with Crippen LogP contribution in [0.4, 0.5) is 6.01 Å². The molecule has 3 heterocycles. The van der Waals surface area contributed by atoms with Gasteiger partial charge in [-0.3, -0.25) is 4.98 Å². The first-order valence-electron chi connectivity index (χ1n) is 10.3. The molecule has 0 bridgehead atoms. The first-order valence-corrected chi connectivity index (χ1v) is 11.9. The Hall–Kier alpha value is -2.85. The Balaban J connectivity index is 1.58. The van der Waals surface area contributed by atoms with Gasteiger partial charge in [-0.25, -0.2) is 13.4 Å². The van der Waals surface area contributed by atoms with Gasteiger partial charge in [0.15, 0.2) is 9.84 Å². The highest BCUT2D eigenvalue weighted by atomic mass is 32.2. The number of piperidine rings is 1. The van der Waals surface area contributed by atoms with E-state index in [9.17, 15) is 8.42 Å². The average Bonchev–Trinajstić information content (AvgIpc) is 3.23. The molecular weight excluding hydrogens is 416 g/mol. The second-order valence-electron chi connectivity index (χ2n) is 7.91. The Morgan fingerprint density at radius 3 is 2.65 bits per heavy atom. The molecule has 0 spiro atoms. The van der Waals surface area contributed by atoms with Gasteiger partial charge in [-0.1, -0.05) is 17.2 Å². The van der Waals surface area contributed by atoms with Crippen LogP contribution in [0.3, 0.4) is 0 Å². The summed E-state index contributed by atoms with van der Waals surface area (Å²) in [5, 5.41) is 14.3. The number of rotatable bonds is 6. The molecule has 4 rings (SSSR count). The van der Waals surface area contributed by atoms with E-state index in [1.807, 2.05) is 6.92 Å². The molecular formula is C21H26N6O3S. The van der Waals surface area contributed by atoms with E-state index in [-0.39, 0.29) is 16.8 Å². The largest absolute Gasteiger partial charge is 0.402 e. The lowest BCUT2D eigenvalue weighted by Crippen LogP contribution is -2.38. The van der Waals surface area contributed by atoms with Crippen LogP contribution in [0.25, 0.3) is 22.8 Å². The molecule has 10 heteroatoms. The Kier molecular flexibility index (Phi) is 6.01. The second-order valence-corrected chi connectivity index (χ2v) is 10.4. The van der Waals surface area contributed by atoms with Gasteiger partial charge < -0.3 is 15.1 Å². The van der Waals surface area contributed by atoms with Crippen LogP contribution in [-0.2, 0) is 9.84 Å². The number of sulfone groups is 1. The molecule has 2 aromatic heterocycles. The van der Waals surface area contributed by atoms with E-state index < -0.39 is 15.1 Å². The standard InChI is InChI=1S/C21H26N6O3S/c1-13(2)31(28,29)17-8-6-15(7-9-17)18-12-23-14(3)19(25-18)20-26-27-21(30-20)24-16-5-4-10-22-11-16/h6-9,12-13,16,22H,4-5,10-11H2,1-3H3,(H,24,27). The number of hydrogen-bond acceptors (Lipinski definition) is 9. The number of anilines is 1. The van der Waals surface area contributed by atoms with Crippen molar-refractivity contribution in [3.63, 3.8) is 0 Å². The average molecular weight is 443 g/mol. The SMILES string of the molecule is Cc1ncc(-c2ccc(S(=O)(=O)C(C)C)cc2)nc1-c1nnc(NC2CCCNC2)o1. The van der Waals surface area contributed by atoms with Crippen LogP contribution in [0.2, 0.25) is 0 Å². The lowest BCUT2D eigenvalue weighted by Gasteiger charge is -2.22. The van der Waals surface area contributed by atoms with Crippen molar-refractivity contribution < 1.29 is 12.8 Å². The monoisotopic (exact) mass is 442 g/mol. The summed E-state index contributed by atoms with van der Waals surface area (Å²) < 4.78 is 30.5. The van der Waals surface area contributed by atoms with Gasteiger partial charge in [-0.2, -0.15) is 0 Å². The van der Waals surface area contributed by atoms with Crippen LogP contribution < -0.4 is 10.6 Å². The van der Waals surface area contributed by atoms with Crippen LogP contribution in [0.1, 0.15) is 32.4 Å². The zero-order valence-electron chi connectivity index (χ0n) is 17.8. The number of nitrogens with zero attached hydrogens (tertiary/aromatic N) is 4. The predicted molar refractivity (Wildman–Crippen MR) is 117 cm³/mol. The van der Waals surface area contributed by atoms with Crippen molar-refractivity contribution in [2.24, 2.45) is 0 Å². The summed E-state index contributed by atoms with van der Waals surface area (Å²) in [6.45, 7) is 7.04. The third kappa shape index (κ3) is 4.59. The molecule has 1 fully saturated rings. The molecule has 3 aromatic rings. The van der Waals surface area contributed by atoms with Crippen molar-refractivity contribution in [2.45, 2.75) is 49.8 Å². The van der Waals surface area contributed by atoms with E-state index in [1.165, 1.54) is 0 Å². The second kappa shape index (κ2) is 8.72. The van der Waals surface area contributed by atoms with E-state index in [4.69, 9.17) is 4.42 Å². The van der Waals surface area contributed by atoms with Crippen LogP contribution in [0.15, 0.2) is 39.8 Å². The predicted octanol–water partition coefficient (Wildman–Crippen LogP) is 2.85. The minimum absolute atomic E-state index is 0.251. The molecule has 1 aromatic carbocycles. The fourth-order valence-corrected chi connectivity index (χ4v) is 4.47. The van der Waals surface area contributed by atoms with E-state index in [2.05, 4.69) is 30.8 Å². The maximum absolute atomic E-state index is 12.3. The van der Waals surface area contributed by atoms with E-state index in [0.29, 0.717) is 23.1 Å². The zero-order chi connectivity index (χ0) is 22.0. The molecule has 0 aliphatic carbocycles. The minimum Gasteiger partial charge on any atom is -0.402 e. The first-order chi connectivity index (χ1) is 14.8. The summed E-state index contributed by atoms with van der Waals surface area (Å²) in [5.41, 5.74) is 2.51. The van der Waals surface area contributed by atoms with Crippen molar-refractivity contribution in [3.8, 4) is 22.8 Å². The van der Waals surface area contributed by atoms with Gasteiger partial charge in [0.2, 0.25) is 0 Å². The Morgan fingerprint density at radius 1 is 1.19 bits per heavy atom. The third-order valence-corrected chi connectivity index (χ3v) is 7.48. The number of nitrogens with one attached hydrogen (secondary N) is 2. The molecule has 9 nitrogen and oxygen atoms in total. The molecule has 1 unspecified atom stereocenters. The Bertz CT molecular complexity index is 1150. The molecule has 1 atom stereocenters. The van der Waals surface area contributed by atoms with Gasteiger partial charge in [-0.05, 0) is 52.3 Å². The normalized spacial score (nSPS) is 17.1. The fourth-order valence-electron chi connectivity index (χ4n) is 3.41. The highest BCUT2D eigenvalue weighted by Gasteiger charge is 2.20. The van der Waals surface area contributed by atoms with Gasteiger partial charge in [0.05, 0.1) is 27.7 Å². The van der Waals surface area contributed by atoms with Crippen molar-refractivity contribution >= 4 is 15.9 Å². The summed E-state index contributed by atoms with van der Waals surface area (Å²) >= 11 is 0. The maximum atomic E-state index is 12.3. The van der Waals surface area contributed by atoms with E-state index >= 15 is 0 Å². The number of aromatic nitrogens is 4. The van der Waals surface area contributed by atoms with Gasteiger partial charge >= 0.3 is 6.01 Å². The lowest BCUT2D eigenvalue weighted by molar-refractivity contribution is 0.464. The van der Waals surface area contributed by atoms with Gasteiger partial charge in [0, 0.05) is 18.2 Å². The highest BCUT2D eigenvalue weighted by Crippen LogP contribution is 2.26. The molecule has 0 radical (unpaired) electrons. The third-order valence-electron chi connectivity index (χ3n) is 5.31. The zero-order valence-corrected chi connectivity index (χ0v) is 18.6. The quantitative estimate of drug-likeness (QED) is 0.593. The Morgan fingerprint density at radius 2 is 1.97 bits per heavy atom. The van der Waals surface area contributed by atoms with Crippen LogP contribution in [-0.4, -0.2) is 53.0 Å². The van der Waals surface area contributed by atoms with Crippen molar-refractivity contribution in [1.82, 2.24) is 25.5 Å². The summed E-state index contributed by atoms with van der Waals surface area (Å²) in [7, 11) is -3.32. The topological polar surface area (TPSA) is 123 Å². The summed E-state index contributed by atoms with van der Waals surface area (Å²) in [6.07, 6.45) is 3.79. The number of aryl methyl sites for hydroxylation is 1. The molecule has 0 saturated carbocycles. The first kappa shape index (κ1) is 21.4. The van der Waals surface area contributed by atoms with Gasteiger partial charge in [-0.15, -0.1) is 5.10 Å². The lowest BCUT2D eigenvalue weighted by atomic mass is 10.1. The minimum atomic E-state index is -3.32. The van der Waals surface area contributed by atoms with E-state index in [0.717, 1.165) is 31.5 Å². The summed E-state index contributed by atoms with van der Waals surface area (Å²) in [6, 6.07) is 7.27. The van der Waals surface area contributed by atoms with E-state index in [1.54, 1.807) is 44.3 Å². The summed E-state index contributed by atoms with van der Waals surface area (Å²) in [5.74, 6) is 0.289. The molecule has 1 aliphatic heterocycles. The van der Waals surface area contributed by atoms with Crippen molar-refractivity contribution in [3.05, 3.63) is 36.2 Å². The van der Waals surface area contributed by atoms with Crippen LogP contribution >= 0.6 is 0 Å². The number of hydrogen-bond donors (Lipinski definition) is 2. The smallest absolute Gasteiger partial charge is 0.316 e. The maximum Gasteiger partial charge on any atom is 0.316 e. The van der Waals surface area contributed by atoms with Gasteiger partial charge in [0.1, 0.15) is 5.69 Å². The van der Waals surface area contributed by atoms with Gasteiger partial charge in [0.25, 0.3) is 5.89 Å². The molecule has 2 N–H and O–H groups in total. The Labute approximate surface area is 181 Å². The summed E-state index contributed by atoms with van der Waals surface area (Å²) in [4.78, 5) is 9.36. The van der Waals surface area contributed by atoms with Crippen LogP contribution in [0.5, 0.6) is 0 Å². The van der Waals surface area contributed by atoms with Crippen LogP contribution in [0, 0.1) is 6.92 Å². The van der Waals surface area contributed by atoms with Crippen molar-refractivity contribution in [2.75, 3.05) is 18.4 Å². The molecule has 0 amide bonds.